The molecule has 0 radical (unpaired) electrons. The van der Waals surface area contributed by atoms with Crippen molar-refractivity contribution in [3.05, 3.63) is 93.7 Å². The highest BCUT2D eigenvalue weighted by Gasteiger charge is 2.20. The first-order valence-corrected chi connectivity index (χ1v) is 26.1. The third kappa shape index (κ3) is 11.3. The summed E-state index contributed by atoms with van der Waals surface area (Å²) >= 11 is 3.76. The van der Waals surface area contributed by atoms with Gasteiger partial charge in [0, 0.05) is 31.7 Å². The molecule has 60 heavy (non-hydrogen) atoms. The van der Waals surface area contributed by atoms with E-state index >= 15 is 0 Å². The van der Waals surface area contributed by atoms with E-state index in [1.165, 1.54) is 193 Å². The molecule has 0 aliphatic rings. The van der Waals surface area contributed by atoms with Crippen LogP contribution in [-0.2, 0) is 25.7 Å². The third-order valence-electron chi connectivity index (χ3n) is 12.9. The minimum atomic E-state index is 1.04. The molecule has 3 heterocycles. The molecule has 0 spiro atoms. The molecule has 4 heteroatoms. The molecule has 7 rings (SSSR count). The molecular weight excluding hydrogens is 765 g/mol. The predicted octanol–water partition coefficient (Wildman–Crippen LogP) is 18.6. The lowest BCUT2D eigenvalue weighted by molar-refractivity contribution is 0.607. The Hall–Kier alpha value is -3.60. The van der Waals surface area contributed by atoms with Crippen molar-refractivity contribution in [1.29, 1.82) is 0 Å². The number of rotatable bonds is 26. The molecule has 0 saturated carbocycles. The van der Waals surface area contributed by atoms with Crippen LogP contribution in [-0.4, -0.2) is 9.97 Å². The van der Waals surface area contributed by atoms with Crippen molar-refractivity contribution in [2.24, 2.45) is 0 Å². The van der Waals surface area contributed by atoms with Gasteiger partial charge in [-0.25, -0.2) is 9.97 Å². The number of fused-ring (bicyclic) bond motifs is 7. The van der Waals surface area contributed by atoms with Crippen molar-refractivity contribution in [2.45, 2.75) is 182 Å². The Balaban J connectivity index is 1.37. The Morgan fingerprint density at radius 2 is 0.683 bits per heavy atom. The fraction of sp³-hybridized carbons (Fsp3) is 0.500. The fourth-order valence-electron chi connectivity index (χ4n) is 9.29. The average Bonchev–Trinajstić information content (AvgIpc) is 3.96. The van der Waals surface area contributed by atoms with Gasteiger partial charge in [-0.3, -0.25) is 0 Å². The first-order valence-electron chi connectivity index (χ1n) is 24.4. The number of nitrogens with zero attached hydrogens (tertiary/aromatic N) is 2. The highest BCUT2D eigenvalue weighted by atomic mass is 32.1. The van der Waals surface area contributed by atoms with Crippen LogP contribution in [0.2, 0.25) is 0 Å². The Kier molecular flexibility index (Phi) is 17.1. The van der Waals surface area contributed by atoms with Gasteiger partial charge < -0.3 is 0 Å². The SMILES string of the molecule is CCCCCCCCc1ccc2c3ccc(CCCCCCCC)cc3c3nc4c(-c5cc(CCCCCC)cs5)ccc(-c5cc(CCCCCC)cs5)c4nc3c2c1. The summed E-state index contributed by atoms with van der Waals surface area (Å²) in [6, 6.07) is 24.1. The Labute approximate surface area is 370 Å². The third-order valence-corrected chi connectivity index (χ3v) is 14.9. The first-order chi connectivity index (χ1) is 29.6. The standard InChI is InChI=1S/C56H72N2S2/c1-5-9-13-17-19-23-25-41-29-31-45-46-32-30-42(26-24-20-18-14-10-6-2)36-50(46)56-55(49(45)35-41)57-53-47(51-37-43(39-59-51)27-21-15-11-7-3)33-34-48(54(53)58-56)52-38-44(40-60-52)28-22-16-12-8-4/h29-40H,5-28H2,1-4H3. The topological polar surface area (TPSA) is 25.8 Å². The van der Waals surface area contributed by atoms with Gasteiger partial charge in [-0.15, -0.1) is 22.7 Å². The van der Waals surface area contributed by atoms with Crippen LogP contribution >= 0.6 is 22.7 Å². The molecule has 0 fully saturated rings. The second kappa shape index (κ2) is 23.0. The van der Waals surface area contributed by atoms with Crippen LogP contribution in [0, 0.1) is 0 Å². The highest BCUT2D eigenvalue weighted by Crippen LogP contribution is 2.42. The van der Waals surface area contributed by atoms with E-state index in [2.05, 4.69) is 99.1 Å². The zero-order valence-electron chi connectivity index (χ0n) is 37.6. The Bertz CT molecular complexity index is 2250. The normalized spacial score (nSPS) is 11.9. The number of hydrogen-bond acceptors (Lipinski definition) is 4. The van der Waals surface area contributed by atoms with Crippen LogP contribution in [0.1, 0.15) is 178 Å². The van der Waals surface area contributed by atoms with E-state index in [0.717, 1.165) is 47.8 Å². The maximum Gasteiger partial charge on any atom is 0.0988 e. The monoisotopic (exact) mass is 837 g/mol. The van der Waals surface area contributed by atoms with Crippen molar-refractivity contribution in [2.75, 3.05) is 0 Å². The van der Waals surface area contributed by atoms with Gasteiger partial charge in [-0.1, -0.05) is 167 Å². The van der Waals surface area contributed by atoms with Crippen molar-refractivity contribution >= 4 is 66.3 Å². The summed E-state index contributed by atoms with van der Waals surface area (Å²) in [7, 11) is 0. The van der Waals surface area contributed by atoms with Crippen LogP contribution in [0.4, 0.5) is 0 Å². The van der Waals surface area contributed by atoms with Gasteiger partial charge in [0.15, 0.2) is 0 Å². The van der Waals surface area contributed by atoms with Crippen molar-refractivity contribution < 1.29 is 0 Å². The van der Waals surface area contributed by atoms with E-state index in [9.17, 15) is 0 Å². The second-order valence-corrected chi connectivity index (χ2v) is 19.7. The number of aromatic nitrogens is 2. The summed E-state index contributed by atoms with van der Waals surface area (Å²) in [5.41, 5.74) is 12.4. The zero-order valence-corrected chi connectivity index (χ0v) is 39.2. The lowest BCUT2D eigenvalue weighted by Gasteiger charge is -2.15. The summed E-state index contributed by atoms with van der Waals surface area (Å²) in [4.78, 5) is 14.3. The number of thiophene rings is 2. The molecule has 0 aliphatic carbocycles. The molecule has 0 saturated heterocycles. The first kappa shape index (κ1) is 44.5. The Morgan fingerprint density at radius 3 is 1.08 bits per heavy atom. The molecule has 0 amide bonds. The van der Waals surface area contributed by atoms with Gasteiger partial charge in [0.1, 0.15) is 0 Å². The van der Waals surface area contributed by atoms with Crippen LogP contribution in [0.5, 0.6) is 0 Å². The van der Waals surface area contributed by atoms with E-state index in [1.54, 1.807) is 0 Å². The molecule has 0 unspecified atom stereocenters. The van der Waals surface area contributed by atoms with Gasteiger partial charge in [0.25, 0.3) is 0 Å². The number of unbranched alkanes of at least 4 members (excludes halogenated alkanes) is 16. The smallest absolute Gasteiger partial charge is 0.0988 e. The summed E-state index contributed by atoms with van der Waals surface area (Å²) in [6.07, 6.45) is 30.6. The molecule has 3 aromatic heterocycles. The van der Waals surface area contributed by atoms with Crippen LogP contribution in [0.3, 0.4) is 0 Å². The molecule has 0 atom stereocenters. The van der Waals surface area contributed by atoms with E-state index in [0.29, 0.717) is 0 Å². The average molecular weight is 837 g/mol. The molecule has 7 aromatic rings. The summed E-state index contributed by atoms with van der Waals surface area (Å²) in [5.74, 6) is 0. The minimum Gasteiger partial charge on any atom is -0.243 e. The van der Waals surface area contributed by atoms with E-state index in [4.69, 9.17) is 9.97 Å². The van der Waals surface area contributed by atoms with Crippen molar-refractivity contribution in [3.8, 4) is 20.9 Å². The molecule has 0 N–H and O–H groups in total. The van der Waals surface area contributed by atoms with E-state index < -0.39 is 0 Å². The van der Waals surface area contributed by atoms with Crippen molar-refractivity contribution in [1.82, 2.24) is 9.97 Å². The van der Waals surface area contributed by atoms with Crippen LogP contribution < -0.4 is 0 Å². The van der Waals surface area contributed by atoms with Crippen LogP contribution in [0.25, 0.3) is 64.5 Å². The van der Waals surface area contributed by atoms with E-state index in [-0.39, 0.29) is 0 Å². The molecule has 4 aromatic carbocycles. The molecule has 0 aliphatic heterocycles. The number of aryl methyl sites for hydroxylation is 4. The van der Waals surface area contributed by atoms with Crippen molar-refractivity contribution in [3.63, 3.8) is 0 Å². The predicted molar refractivity (Wildman–Crippen MR) is 269 cm³/mol. The summed E-state index contributed by atoms with van der Waals surface area (Å²) < 4.78 is 0. The van der Waals surface area contributed by atoms with Gasteiger partial charge in [-0.05, 0) is 119 Å². The second-order valence-electron chi connectivity index (χ2n) is 17.8. The maximum atomic E-state index is 5.84. The molecule has 0 bridgehead atoms. The van der Waals surface area contributed by atoms with Gasteiger partial charge >= 0.3 is 0 Å². The quantitative estimate of drug-likeness (QED) is 0.0308. The lowest BCUT2D eigenvalue weighted by Crippen LogP contribution is -1.97. The fourth-order valence-corrected chi connectivity index (χ4v) is 11.2. The van der Waals surface area contributed by atoms with Crippen LogP contribution in [0.15, 0.2) is 71.4 Å². The minimum absolute atomic E-state index is 1.04. The van der Waals surface area contributed by atoms with Gasteiger partial charge in [-0.2, -0.15) is 0 Å². The molecule has 318 valence electrons. The lowest BCUT2D eigenvalue weighted by atomic mass is 9.93. The number of hydrogen-bond donors (Lipinski definition) is 0. The largest absolute Gasteiger partial charge is 0.243 e. The zero-order chi connectivity index (χ0) is 41.5. The number of benzene rings is 4. The van der Waals surface area contributed by atoms with Gasteiger partial charge in [0.2, 0.25) is 0 Å². The molecular formula is C56H72N2S2. The maximum absolute atomic E-state index is 5.84. The summed E-state index contributed by atoms with van der Waals surface area (Å²) in [6.45, 7) is 9.20. The van der Waals surface area contributed by atoms with E-state index in [1.807, 2.05) is 22.7 Å². The Morgan fingerprint density at radius 1 is 0.333 bits per heavy atom. The highest BCUT2D eigenvalue weighted by molar-refractivity contribution is 7.14. The molecule has 2 nitrogen and oxygen atoms in total. The summed E-state index contributed by atoms with van der Waals surface area (Å²) in [5, 5.41) is 9.90. The van der Waals surface area contributed by atoms with Gasteiger partial charge in [0.05, 0.1) is 22.1 Å².